The van der Waals surface area contributed by atoms with Gasteiger partial charge in [-0.15, -0.1) is 0 Å². The number of rotatable bonds is 3. The molecule has 2 N–H and O–H groups in total. The molecule has 1 aliphatic heterocycles. The van der Waals surface area contributed by atoms with Gasteiger partial charge in [0, 0.05) is 26.1 Å². The third-order valence-corrected chi connectivity index (χ3v) is 3.46. The Labute approximate surface area is 110 Å². The van der Waals surface area contributed by atoms with Crippen molar-refractivity contribution in [2.45, 2.75) is 26.1 Å². The number of imidazole rings is 1. The Balaban J connectivity index is 1.92. The van der Waals surface area contributed by atoms with Crippen LogP contribution >= 0.6 is 0 Å². The molecule has 0 aliphatic carbocycles. The zero-order valence-electron chi connectivity index (χ0n) is 10.6. The van der Waals surface area contributed by atoms with E-state index in [2.05, 4.69) is 14.9 Å². The summed E-state index contributed by atoms with van der Waals surface area (Å²) < 4.78 is 15.1. The SMILES string of the molecule is OCc1nc(Cc2ccc(F)cc2)n2c1CNCC2. The number of aliphatic hydroxyl groups excluding tert-OH is 1. The summed E-state index contributed by atoms with van der Waals surface area (Å²) in [5.74, 6) is 0.710. The second kappa shape index (κ2) is 5.11. The predicted molar refractivity (Wildman–Crippen MR) is 69.1 cm³/mol. The lowest BCUT2D eigenvalue weighted by Crippen LogP contribution is -2.29. The fourth-order valence-corrected chi connectivity index (χ4v) is 2.50. The first-order chi connectivity index (χ1) is 9.28. The van der Waals surface area contributed by atoms with Crippen LogP contribution in [0.1, 0.15) is 22.8 Å². The third-order valence-electron chi connectivity index (χ3n) is 3.46. The van der Waals surface area contributed by atoms with Gasteiger partial charge < -0.3 is 15.0 Å². The van der Waals surface area contributed by atoms with Crippen LogP contribution in [-0.4, -0.2) is 21.2 Å². The second-order valence-corrected chi connectivity index (χ2v) is 4.71. The Morgan fingerprint density at radius 2 is 2.11 bits per heavy atom. The molecule has 0 atom stereocenters. The highest BCUT2D eigenvalue weighted by Crippen LogP contribution is 2.18. The van der Waals surface area contributed by atoms with Crippen LogP contribution in [0.2, 0.25) is 0 Å². The number of aliphatic hydroxyl groups is 1. The van der Waals surface area contributed by atoms with Crippen molar-refractivity contribution >= 4 is 0 Å². The number of aromatic nitrogens is 2. The van der Waals surface area contributed by atoms with Gasteiger partial charge in [-0.2, -0.15) is 0 Å². The molecular formula is C14H16FN3O. The maximum Gasteiger partial charge on any atom is 0.123 e. The molecule has 100 valence electrons. The molecule has 0 spiro atoms. The van der Waals surface area contributed by atoms with E-state index in [1.165, 1.54) is 12.1 Å². The Morgan fingerprint density at radius 3 is 2.84 bits per heavy atom. The van der Waals surface area contributed by atoms with Crippen molar-refractivity contribution in [1.29, 1.82) is 0 Å². The van der Waals surface area contributed by atoms with Gasteiger partial charge in [0.2, 0.25) is 0 Å². The molecule has 19 heavy (non-hydrogen) atoms. The van der Waals surface area contributed by atoms with Gasteiger partial charge in [0.05, 0.1) is 18.0 Å². The maximum atomic E-state index is 12.9. The highest BCUT2D eigenvalue weighted by atomic mass is 19.1. The molecule has 0 radical (unpaired) electrons. The van der Waals surface area contributed by atoms with Crippen LogP contribution in [0.4, 0.5) is 4.39 Å². The van der Waals surface area contributed by atoms with Gasteiger partial charge >= 0.3 is 0 Å². The van der Waals surface area contributed by atoms with Gasteiger partial charge in [0.25, 0.3) is 0 Å². The van der Waals surface area contributed by atoms with Crippen molar-refractivity contribution in [1.82, 2.24) is 14.9 Å². The highest BCUT2D eigenvalue weighted by Gasteiger charge is 2.19. The summed E-state index contributed by atoms with van der Waals surface area (Å²) in [6.45, 7) is 2.47. The summed E-state index contributed by atoms with van der Waals surface area (Å²) in [5, 5.41) is 12.6. The zero-order chi connectivity index (χ0) is 13.2. The Bertz CT molecular complexity index is 577. The molecule has 0 fully saturated rings. The topological polar surface area (TPSA) is 50.1 Å². The smallest absolute Gasteiger partial charge is 0.123 e. The van der Waals surface area contributed by atoms with E-state index in [1.54, 1.807) is 12.1 Å². The fraction of sp³-hybridized carbons (Fsp3) is 0.357. The van der Waals surface area contributed by atoms with E-state index < -0.39 is 0 Å². The van der Waals surface area contributed by atoms with Gasteiger partial charge in [0.1, 0.15) is 11.6 Å². The van der Waals surface area contributed by atoms with Crippen LogP contribution in [0.5, 0.6) is 0 Å². The van der Waals surface area contributed by atoms with E-state index in [1.807, 2.05) is 0 Å². The van der Waals surface area contributed by atoms with Crippen molar-refractivity contribution in [3.8, 4) is 0 Å². The first-order valence-corrected chi connectivity index (χ1v) is 6.41. The summed E-state index contributed by atoms with van der Waals surface area (Å²) in [4.78, 5) is 4.51. The molecule has 2 heterocycles. The summed E-state index contributed by atoms with van der Waals surface area (Å²) in [6.07, 6.45) is 0.660. The monoisotopic (exact) mass is 261 g/mol. The lowest BCUT2D eigenvalue weighted by Gasteiger charge is -2.18. The largest absolute Gasteiger partial charge is 0.390 e. The minimum atomic E-state index is -0.228. The first kappa shape index (κ1) is 12.3. The molecule has 1 aromatic carbocycles. The minimum absolute atomic E-state index is 0.0412. The molecule has 5 heteroatoms. The molecular weight excluding hydrogens is 245 g/mol. The Kier molecular flexibility index (Phi) is 3.31. The van der Waals surface area contributed by atoms with Crippen molar-refractivity contribution in [2.75, 3.05) is 6.54 Å². The van der Waals surface area contributed by atoms with E-state index >= 15 is 0 Å². The summed E-state index contributed by atoms with van der Waals surface area (Å²) in [7, 11) is 0. The molecule has 0 unspecified atom stereocenters. The summed E-state index contributed by atoms with van der Waals surface area (Å²) in [5.41, 5.74) is 2.83. The van der Waals surface area contributed by atoms with Crippen LogP contribution in [-0.2, 0) is 26.1 Å². The van der Waals surface area contributed by atoms with Crippen LogP contribution in [0.3, 0.4) is 0 Å². The molecule has 4 nitrogen and oxygen atoms in total. The maximum absolute atomic E-state index is 12.9. The van der Waals surface area contributed by atoms with Gasteiger partial charge in [0.15, 0.2) is 0 Å². The standard InChI is InChI=1S/C14H16FN3O/c15-11-3-1-10(2-4-11)7-14-17-12(9-19)13-8-16-5-6-18(13)14/h1-4,16,19H,5-9H2. The Hall–Kier alpha value is -1.72. The van der Waals surface area contributed by atoms with Crippen molar-refractivity contribution < 1.29 is 9.50 Å². The van der Waals surface area contributed by atoms with Gasteiger partial charge in [-0.05, 0) is 17.7 Å². The van der Waals surface area contributed by atoms with Crippen molar-refractivity contribution in [3.63, 3.8) is 0 Å². The number of hydrogen-bond donors (Lipinski definition) is 2. The number of nitrogens with one attached hydrogen (secondary N) is 1. The van der Waals surface area contributed by atoms with Crippen LogP contribution in [0.25, 0.3) is 0 Å². The summed E-state index contributed by atoms with van der Waals surface area (Å²) >= 11 is 0. The van der Waals surface area contributed by atoms with E-state index in [9.17, 15) is 9.50 Å². The number of hydrogen-bond acceptors (Lipinski definition) is 3. The third kappa shape index (κ3) is 2.39. The number of benzene rings is 1. The van der Waals surface area contributed by atoms with E-state index in [-0.39, 0.29) is 12.4 Å². The molecule has 3 rings (SSSR count). The highest BCUT2D eigenvalue weighted by molar-refractivity contribution is 5.25. The summed E-state index contributed by atoms with van der Waals surface area (Å²) in [6, 6.07) is 6.47. The van der Waals surface area contributed by atoms with Gasteiger partial charge in [-0.3, -0.25) is 0 Å². The average Bonchev–Trinajstić information content (AvgIpc) is 2.80. The van der Waals surface area contributed by atoms with E-state index in [0.717, 1.165) is 42.4 Å². The fourth-order valence-electron chi connectivity index (χ4n) is 2.50. The number of halogens is 1. The predicted octanol–water partition coefficient (Wildman–Crippen LogP) is 1.21. The molecule has 0 amide bonds. The molecule has 1 aromatic heterocycles. The molecule has 2 aromatic rings. The van der Waals surface area contributed by atoms with Crippen LogP contribution in [0.15, 0.2) is 24.3 Å². The second-order valence-electron chi connectivity index (χ2n) is 4.71. The number of fused-ring (bicyclic) bond motifs is 1. The molecule has 0 bridgehead atoms. The van der Waals surface area contributed by atoms with Crippen molar-refractivity contribution in [3.05, 3.63) is 52.9 Å². The normalized spacial score (nSPS) is 14.4. The zero-order valence-corrected chi connectivity index (χ0v) is 10.6. The van der Waals surface area contributed by atoms with Crippen molar-refractivity contribution in [2.24, 2.45) is 0 Å². The molecule has 0 saturated heterocycles. The minimum Gasteiger partial charge on any atom is -0.390 e. The van der Waals surface area contributed by atoms with Gasteiger partial charge in [-0.1, -0.05) is 12.1 Å². The first-order valence-electron chi connectivity index (χ1n) is 6.41. The molecule has 0 saturated carbocycles. The average molecular weight is 261 g/mol. The van der Waals surface area contributed by atoms with Crippen LogP contribution in [0, 0.1) is 5.82 Å². The number of nitrogens with zero attached hydrogens (tertiary/aromatic N) is 2. The van der Waals surface area contributed by atoms with Crippen LogP contribution < -0.4 is 5.32 Å². The van der Waals surface area contributed by atoms with E-state index in [4.69, 9.17) is 0 Å². The Morgan fingerprint density at radius 1 is 1.32 bits per heavy atom. The molecule has 1 aliphatic rings. The lowest BCUT2D eigenvalue weighted by molar-refractivity contribution is 0.274. The lowest BCUT2D eigenvalue weighted by atomic mass is 10.1. The quantitative estimate of drug-likeness (QED) is 0.873. The van der Waals surface area contributed by atoms with E-state index in [0.29, 0.717) is 6.42 Å². The van der Waals surface area contributed by atoms with Gasteiger partial charge in [-0.25, -0.2) is 9.37 Å².